The van der Waals surface area contributed by atoms with Gasteiger partial charge in [0.05, 0.1) is 24.9 Å². The molecule has 0 spiro atoms. The Morgan fingerprint density at radius 1 is 1.59 bits per heavy atom. The molecular weight excluding hydrogens is 288 g/mol. The van der Waals surface area contributed by atoms with Crippen LogP contribution < -0.4 is 11.1 Å². The quantitative estimate of drug-likeness (QED) is 0.680. The molecule has 122 valence electrons. The fourth-order valence-corrected chi connectivity index (χ4v) is 2.38. The van der Waals surface area contributed by atoms with E-state index in [-0.39, 0.29) is 24.7 Å². The number of rotatable bonds is 7. The molecule has 1 aromatic rings. The number of nitrogens with zero attached hydrogens (tertiary/aromatic N) is 2. The lowest BCUT2D eigenvalue weighted by Crippen LogP contribution is -2.51. The summed E-state index contributed by atoms with van der Waals surface area (Å²) in [6, 6.07) is -0.255. The summed E-state index contributed by atoms with van der Waals surface area (Å²) in [7, 11) is 1.84. The van der Waals surface area contributed by atoms with Crippen LogP contribution in [0.2, 0.25) is 0 Å². The van der Waals surface area contributed by atoms with E-state index in [9.17, 15) is 9.59 Å². The van der Waals surface area contributed by atoms with Crippen LogP contribution in [-0.4, -0.2) is 53.6 Å². The molecule has 1 saturated heterocycles. The molecule has 8 nitrogen and oxygen atoms in total. The average Bonchev–Trinajstić information content (AvgIpc) is 2.90. The van der Waals surface area contributed by atoms with Crippen molar-refractivity contribution in [3.63, 3.8) is 0 Å². The fourth-order valence-electron chi connectivity index (χ4n) is 2.38. The highest BCUT2D eigenvalue weighted by atomic mass is 16.5. The molecule has 2 atom stereocenters. The second-order valence-electron chi connectivity index (χ2n) is 5.38. The summed E-state index contributed by atoms with van der Waals surface area (Å²) in [5.41, 5.74) is 6.09. The third-order valence-corrected chi connectivity index (χ3v) is 3.48. The Morgan fingerprint density at radius 3 is 3.09 bits per heavy atom. The van der Waals surface area contributed by atoms with Crippen molar-refractivity contribution in [2.45, 2.75) is 31.4 Å². The predicted octanol–water partition coefficient (Wildman–Crippen LogP) is -0.872. The Hall–Kier alpha value is -1.93. The molecule has 0 bridgehead atoms. The molecule has 0 saturated carbocycles. The van der Waals surface area contributed by atoms with Gasteiger partial charge < -0.3 is 20.5 Å². The smallest absolute Gasteiger partial charge is 0.243 e. The second kappa shape index (κ2) is 7.90. The number of aryl methyl sites for hydroxylation is 2. The van der Waals surface area contributed by atoms with Gasteiger partial charge in [-0.2, -0.15) is 5.10 Å². The van der Waals surface area contributed by atoms with E-state index >= 15 is 0 Å². The van der Waals surface area contributed by atoms with Crippen LogP contribution in [0.4, 0.5) is 0 Å². The van der Waals surface area contributed by atoms with Crippen LogP contribution in [0.3, 0.4) is 0 Å². The first kappa shape index (κ1) is 16.4. The van der Waals surface area contributed by atoms with Crippen molar-refractivity contribution < 1.29 is 19.1 Å². The van der Waals surface area contributed by atoms with E-state index in [0.717, 1.165) is 5.56 Å². The van der Waals surface area contributed by atoms with Gasteiger partial charge in [-0.05, 0) is 18.4 Å². The van der Waals surface area contributed by atoms with Gasteiger partial charge in [0, 0.05) is 26.3 Å². The minimum atomic E-state index is -0.520. The Morgan fingerprint density at radius 2 is 2.41 bits per heavy atom. The lowest BCUT2D eigenvalue weighted by molar-refractivity contribution is -0.131. The van der Waals surface area contributed by atoms with Crippen molar-refractivity contribution >= 4 is 11.8 Å². The number of aromatic nitrogens is 2. The molecule has 2 amide bonds. The molecule has 3 N–H and O–H groups in total. The van der Waals surface area contributed by atoms with Crippen molar-refractivity contribution in [3.8, 4) is 0 Å². The van der Waals surface area contributed by atoms with Crippen molar-refractivity contribution in [1.29, 1.82) is 0 Å². The molecule has 2 heterocycles. The lowest BCUT2D eigenvalue weighted by atomic mass is 10.1. The zero-order valence-electron chi connectivity index (χ0n) is 12.7. The monoisotopic (exact) mass is 310 g/mol. The van der Waals surface area contributed by atoms with E-state index in [1.165, 1.54) is 0 Å². The van der Waals surface area contributed by atoms with Gasteiger partial charge in [-0.15, -0.1) is 0 Å². The molecule has 1 aliphatic rings. The first-order valence-corrected chi connectivity index (χ1v) is 7.29. The third kappa shape index (κ3) is 5.12. The summed E-state index contributed by atoms with van der Waals surface area (Å²) in [5.74, 6) is -0.597. The predicted molar refractivity (Wildman–Crippen MR) is 77.8 cm³/mol. The van der Waals surface area contributed by atoms with E-state index in [4.69, 9.17) is 15.2 Å². The summed E-state index contributed by atoms with van der Waals surface area (Å²) in [5, 5.41) is 6.97. The third-order valence-electron chi connectivity index (χ3n) is 3.48. The Kier molecular flexibility index (Phi) is 5.91. The number of carbonyl (C=O) groups is 2. The molecule has 0 aromatic carbocycles. The zero-order valence-corrected chi connectivity index (χ0v) is 12.7. The maximum atomic E-state index is 12.0. The van der Waals surface area contributed by atoms with Crippen LogP contribution in [0.15, 0.2) is 12.4 Å². The zero-order chi connectivity index (χ0) is 15.9. The van der Waals surface area contributed by atoms with Crippen LogP contribution in [0.5, 0.6) is 0 Å². The van der Waals surface area contributed by atoms with Crippen LogP contribution in [0.1, 0.15) is 18.4 Å². The highest BCUT2D eigenvalue weighted by Gasteiger charge is 2.28. The van der Waals surface area contributed by atoms with Gasteiger partial charge in [0.1, 0.15) is 6.61 Å². The van der Waals surface area contributed by atoms with E-state index in [2.05, 4.69) is 10.4 Å². The number of hydrogen-bond acceptors (Lipinski definition) is 5. The highest BCUT2D eigenvalue weighted by molar-refractivity contribution is 5.76. The molecule has 1 fully saturated rings. The number of hydrogen-bond donors (Lipinski definition) is 2. The number of ether oxygens (including phenoxy) is 2. The Labute approximate surface area is 128 Å². The van der Waals surface area contributed by atoms with Gasteiger partial charge in [0.25, 0.3) is 0 Å². The van der Waals surface area contributed by atoms with Gasteiger partial charge in [-0.3, -0.25) is 14.3 Å². The van der Waals surface area contributed by atoms with Crippen LogP contribution >= 0.6 is 0 Å². The summed E-state index contributed by atoms with van der Waals surface area (Å²) >= 11 is 0. The highest BCUT2D eigenvalue weighted by Crippen LogP contribution is 2.12. The second-order valence-corrected chi connectivity index (χ2v) is 5.38. The first-order chi connectivity index (χ1) is 10.5. The Balaban J connectivity index is 1.78. The minimum absolute atomic E-state index is 0.0768. The number of carbonyl (C=O) groups excluding carboxylic acids is 2. The van der Waals surface area contributed by atoms with E-state index in [0.29, 0.717) is 32.5 Å². The molecule has 1 aromatic heterocycles. The molecular formula is C14H22N4O4. The molecule has 1 aliphatic heterocycles. The summed E-state index contributed by atoms with van der Waals surface area (Å²) in [6.45, 7) is 0.778. The maximum Gasteiger partial charge on any atom is 0.243 e. The van der Waals surface area contributed by atoms with Gasteiger partial charge in [0.15, 0.2) is 0 Å². The van der Waals surface area contributed by atoms with Crippen LogP contribution in [0.25, 0.3) is 0 Å². The Bertz CT molecular complexity index is 517. The molecule has 0 unspecified atom stereocenters. The summed E-state index contributed by atoms with van der Waals surface area (Å²) in [4.78, 5) is 22.8. The average molecular weight is 310 g/mol. The maximum absolute atomic E-state index is 12.0. The number of amides is 2. The normalized spacial score (nSPS) is 21.5. The van der Waals surface area contributed by atoms with Gasteiger partial charge >= 0.3 is 0 Å². The lowest BCUT2D eigenvalue weighted by Gasteiger charge is -2.31. The van der Waals surface area contributed by atoms with Crippen molar-refractivity contribution in [3.05, 3.63) is 18.0 Å². The molecule has 22 heavy (non-hydrogen) atoms. The first-order valence-electron chi connectivity index (χ1n) is 7.29. The largest absolute Gasteiger partial charge is 0.379 e. The SMILES string of the molecule is Cn1cc(CCC(=O)N[C@@H]2COCC[C@@H]2OCC(N)=O)cn1. The fraction of sp³-hybridized carbons (Fsp3) is 0.643. The van der Waals surface area contributed by atoms with E-state index < -0.39 is 5.91 Å². The van der Waals surface area contributed by atoms with Crippen LogP contribution in [0, 0.1) is 0 Å². The minimum Gasteiger partial charge on any atom is -0.379 e. The van der Waals surface area contributed by atoms with Crippen molar-refractivity contribution in [1.82, 2.24) is 15.1 Å². The van der Waals surface area contributed by atoms with E-state index in [1.54, 1.807) is 10.9 Å². The van der Waals surface area contributed by atoms with Gasteiger partial charge in [-0.1, -0.05) is 0 Å². The topological polar surface area (TPSA) is 108 Å². The van der Waals surface area contributed by atoms with Gasteiger partial charge in [-0.25, -0.2) is 0 Å². The number of primary amides is 1. The van der Waals surface area contributed by atoms with E-state index in [1.807, 2.05) is 13.2 Å². The van der Waals surface area contributed by atoms with Crippen molar-refractivity contribution in [2.24, 2.45) is 12.8 Å². The molecule has 0 radical (unpaired) electrons. The molecule has 0 aliphatic carbocycles. The summed E-state index contributed by atoms with van der Waals surface area (Å²) < 4.78 is 12.5. The number of nitrogens with two attached hydrogens (primary N) is 1. The molecule has 2 rings (SSSR count). The number of nitrogens with one attached hydrogen (secondary N) is 1. The standard InChI is InChI=1S/C14H22N4O4/c1-18-7-10(6-16-18)2-3-14(20)17-11-8-21-5-4-12(11)22-9-13(15)19/h6-7,11-12H,2-5,8-9H2,1H3,(H2,15,19)(H,17,20)/t11-,12+/m1/s1. The van der Waals surface area contributed by atoms with Gasteiger partial charge in [0.2, 0.25) is 11.8 Å². The van der Waals surface area contributed by atoms with Crippen LogP contribution in [-0.2, 0) is 32.5 Å². The molecule has 8 heteroatoms. The summed E-state index contributed by atoms with van der Waals surface area (Å²) in [6.07, 6.45) is 5.00. The van der Waals surface area contributed by atoms with Crippen molar-refractivity contribution in [2.75, 3.05) is 19.8 Å².